The van der Waals surface area contributed by atoms with Crippen molar-refractivity contribution in [1.82, 2.24) is 0 Å². The molecule has 12 heavy (non-hydrogen) atoms. The zero-order chi connectivity index (χ0) is 8.72. The van der Waals surface area contributed by atoms with Gasteiger partial charge in [0.2, 0.25) is 0 Å². The minimum Gasteiger partial charge on any atom is -0.506 e. The summed E-state index contributed by atoms with van der Waals surface area (Å²) in [5.41, 5.74) is 11.8. The summed E-state index contributed by atoms with van der Waals surface area (Å²) in [6.07, 6.45) is 0. The lowest BCUT2D eigenvalue weighted by Gasteiger charge is -1.92. The van der Waals surface area contributed by atoms with Gasteiger partial charge in [0.15, 0.2) is 0 Å². The van der Waals surface area contributed by atoms with Crippen LogP contribution in [0.25, 0.3) is 10.1 Å². The van der Waals surface area contributed by atoms with E-state index in [1.54, 1.807) is 12.1 Å². The van der Waals surface area contributed by atoms with Crippen molar-refractivity contribution < 1.29 is 5.11 Å². The molecule has 2 aromatic rings. The van der Waals surface area contributed by atoms with Crippen molar-refractivity contribution in [3.8, 4) is 5.75 Å². The van der Waals surface area contributed by atoms with Crippen LogP contribution in [0.4, 0.5) is 10.7 Å². The summed E-state index contributed by atoms with van der Waals surface area (Å²) < 4.78 is 0.757. The molecule has 0 fully saturated rings. The standard InChI is InChI=1S/C8H8N2OS/c9-6-4-2-1-3-5(11)7(4)12-8(6)10/h1-3,11H,9-10H2. The van der Waals surface area contributed by atoms with Crippen LogP contribution in [-0.4, -0.2) is 5.11 Å². The number of nitrogens with two attached hydrogens (primary N) is 2. The molecule has 0 radical (unpaired) electrons. The van der Waals surface area contributed by atoms with Gasteiger partial charge in [-0.15, -0.1) is 11.3 Å². The summed E-state index contributed by atoms with van der Waals surface area (Å²) in [4.78, 5) is 0. The number of fused-ring (bicyclic) bond motifs is 1. The molecule has 0 aliphatic rings. The van der Waals surface area contributed by atoms with Crippen molar-refractivity contribution in [2.75, 3.05) is 11.5 Å². The molecule has 0 spiro atoms. The van der Waals surface area contributed by atoms with Gasteiger partial charge in [-0.2, -0.15) is 0 Å². The number of rotatable bonds is 0. The first-order valence-electron chi connectivity index (χ1n) is 3.45. The van der Waals surface area contributed by atoms with Gasteiger partial charge in [-0.3, -0.25) is 0 Å². The Morgan fingerprint density at radius 3 is 2.67 bits per heavy atom. The van der Waals surface area contributed by atoms with Crippen LogP contribution in [0.1, 0.15) is 0 Å². The Labute approximate surface area is 73.2 Å². The van der Waals surface area contributed by atoms with Crippen molar-refractivity contribution in [3.63, 3.8) is 0 Å². The molecule has 1 heterocycles. The largest absolute Gasteiger partial charge is 0.506 e. The molecule has 0 bridgehead atoms. The van der Waals surface area contributed by atoms with Crippen molar-refractivity contribution >= 4 is 32.1 Å². The Bertz CT molecular complexity index is 436. The number of phenolic OH excluding ortho intramolecular Hbond substituents is 1. The zero-order valence-electron chi connectivity index (χ0n) is 6.24. The van der Waals surface area contributed by atoms with Crippen LogP contribution in [-0.2, 0) is 0 Å². The number of anilines is 2. The van der Waals surface area contributed by atoms with Gasteiger partial charge >= 0.3 is 0 Å². The molecule has 0 aliphatic carbocycles. The fourth-order valence-electron chi connectivity index (χ4n) is 1.14. The molecule has 1 aromatic heterocycles. The van der Waals surface area contributed by atoms with E-state index in [2.05, 4.69) is 0 Å². The molecule has 0 saturated heterocycles. The van der Waals surface area contributed by atoms with Crippen molar-refractivity contribution in [3.05, 3.63) is 18.2 Å². The highest BCUT2D eigenvalue weighted by Gasteiger charge is 2.08. The Morgan fingerprint density at radius 1 is 1.25 bits per heavy atom. The van der Waals surface area contributed by atoms with Gasteiger partial charge in [-0.05, 0) is 6.07 Å². The number of thiophene rings is 1. The van der Waals surface area contributed by atoms with E-state index in [4.69, 9.17) is 11.5 Å². The average Bonchev–Trinajstić information content (AvgIpc) is 2.32. The monoisotopic (exact) mass is 180 g/mol. The number of aromatic hydroxyl groups is 1. The second kappa shape index (κ2) is 2.28. The molecule has 0 saturated carbocycles. The predicted molar refractivity (Wildman–Crippen MR) is 52.3 cm³/mol. The number of hydrogen-bond acceptors (Lipinski definition) is 4. The maximum Gasteiger partial charge on any atom is 0.133 e. The lowest BCUT2D eigenvalue weighted by atomic mass is 10.2. The van der Waals surface area contributed by atoms with Gasteiger partial charge in [0.1, 0.15) is 10.8 Å². The van der Waals surface area contributed by atoms with Crippen LogP contribution in [0.5, 0.6) is 5.75 Å². The SMILES string of the molecule is Nc1sc2c(O)cccc2c1N. The van der Waals surface area contributed by atoms with E-state index in [1.165, 1.54) is 11.3 Å². The quantitative estimate of drug-likeness (QED) is 0.578. The second-order valence-corrected chi connectivity index (χ2v) is 3.59. The highest BCUT2D eigenvalue weighted by Crippen LogP contribution is 2.40. The number of hydrogen-bond donors (Lipinski definition) is 3. The number of nitrogen functional groups attached to an aromatic ring is 2. The molecule has 0 atom stereocenters. The van der Waals surface area contributed by atoms with Gasteiger partial charge in [0.25, 0.3) is 0 Å². The molecule has 0 amide bonds. The molecule has 0 unspecified atom stereocenters. The summed E-state index contributed by atoms with van der Waals surface area (Å²) in [5, 5.41) is 10.8. The van der Waals surface area contributed by atoms with Crippen molar-refractivity contribution in [2.45, 2.75) is 0 Å². The topological polar surface area (TPSA) is 72.3 Å². The molecular weight excluding hydrogens is 172 g/mol. The summed E-state index contributed by atoms with van der Waals surface area (Å²) >= 11 is 1.31. The van der Waals surface area contributed by atoms with Crippen LogP contribution in [0.3, 0.4) is 0 Å². The molecule has 3 nitrogen and oxygen atoms in total. The van der Waals surface area contributed by atoms with Crippen molar-refractivity contribution in [1.29, 1.82) is 0 Å². The Morgan fingerprint density at radius 2 is 2.00 bits per heavy atom. The Hall–Kier alpha value is -1.42. The third-order valence-electron chi connectivity index (χ3n) is 1.76. The first kappa shape index (κ1) is 7.24. The smallest absolute Gasteiger partial charge is 0.133 e. The van der Waals surface area contributed by atoms with E-state index in [0.717, 1.165) is 10.1 Å². The minimum atomic E-state index is 0.237. The molecule has 2 rings (SSSR count). The van der Waals surface area contributed by atoms with Gasteiger partial charge in [-0.1, -0.05) is 12.1 Å². The summed E-state index contributed by atoms with van der Waals surface area (Å²) in [7, 11) is 0. The van der Waals surface area contributed by atoms with Gasteiger partial charge < -0.3 is 16.6 Å². The van der Waals surface area contributed by atoms with Crippen molar-refractivity contribution in [2.24, 2.45) is 0 Å². The van der Waals surface area contributed by atoms with E-state index in [0.29, 0.717) is 10.7 Å². The minimum absolute atomic E-state index is 0.237. The summed E-state index contributed by atoms with van der Waals surface area (Å²) in [6.45, 7) is 0. The number of benzene rings is 1. The molecule has 0 aliphatic heterocycles. The highest BCUT2D eigenvalue weighted by atomic mass is 32.1. The van der Waals surface area contributed by atoms with Gasteiger partial charge in [-0.25, -0.2) is 0 Å². The molecule has 1 aromatic carbocycles. The lowest BCUT2D eigenvalue weighted by Crippen LogP contribution is -1.87. The molecule has 5 N–H and O–H groups in total. The fourth-order valence-corrected chi connectivity index (χ4v) is 2.04. The fraction of sp³-hybridized carbons (Fsp3) is 0. The number of phenols is 1. The van der Waals surface area contributed by atoms with Gasteiger partial charge in [0.05, 0.1) is 10.4 Å². The lowest BCUT2D eigenvalue weighted by molar-refractivity contribution is 0.482. The first-order chi connectivity index (χ1) is 5.70. The van der Waals surface area contributed by atoms with E-state index >= 15 is 0 Å². The summed E-state index contributed by atoms with van der Waals surface area (Å²) in [5.74, 6) is 0.237. The normalized spacial score (nSPS) is 10.7. The van der Waals surface area contributed by atoms with Crippen LogP contribution in [0, 0.1) is 0 Å². The zero-order valence-corrected chi connectivity index (χ0v) is 7.06. The third-order valence-corrected chi connectivity index (χ3v) is 2.83. The van der Waals surface area contributed by atoms with E-state index < -0.39 is 0 Å². The molecular formula is C8H8N2OS. The predicted octanol–water partition coefficient (Wildman–Crippen LogP) is 1.77. The van der Waals surface area contributed by atoms with Crippen LogP contribution in [0.2, 0.25) is 0 Å². The van der Waals surface area contributed by atoms with Crippen LogP contribution in [0.15, 0.2) is 18.2 Å². The molecule has 4 heteroatoms. The highest BCUT2D eigenvalue weighted by molar-refractivity contribution is 7.23. The first-order valence-corrected chi connectivity index (χ1v) is 4.27. The van der Waals surface area contributed by atoms with Crippen LogP contribution >= 0.6 is 11.3 Å². The van der Waals surface area contributed by atoms with E-state index in [1.807, 2.05) is 6.07 Å². The third kappa shape index (κ3) is 0.816. The van der Waals surface area contributed by atoms with E-state index in [-0.39, 0.29) is 5.75 Å². The average molecular weight is 180 g/mol. The maximum atomic E-state index is 9.41. The van der Waals surface area contributed by atoms with E-state index in [9.17, 15) is 5.11 Å². The summed E-state index contributed by atoms with van der Waals surface area (Å²) in [6, 6.07) is 5.22. The molecule has 62 valence electrons. The van der Waals surface area contributed by atoms with Crippen LogP contribution < -0.4 is 11.5 Å². The van der Waals surface area contributed by atoms with Gasteiger partial charge in [0, 0.05) is 5.39 Å². The second-order valence-electron chi connectivity index (χ2n) is 2.53. The Balaban J connectivity index is 2.95. The Kier molecular flexibility index (Phi) is 1.38. The maximum absolute atomic E-state index is 9.41.